The van der Waals surface area contributed by atoms with Gasteiger partial charge in [-0.05, 0) is 90.8 Å². The SMILES string of the molecule is COc1ccc(-n2cnnn2)cc1C(=O)N1CCC(CCN2CCCN(c3nc4ccccc4n3Cc3ccco3)CC2)(c2ccccc2)C1.Cl. The maximum absolute atomic E-state index is 14.1. The Morgan fingerprint density at radius 3 is 2.61 bits per heavy atom. The summed E-state index contributed by atoms with van der Waals surface area (Å²) in [4.78, 5) is 26.2. The van der Waals surface area contributed by atoms with Crippen LogP contribution in [0.15, 0.2) is 102 Å². The van der Waals surface area contributed by atoms with Gasteiger partial charge in [0, 0.05) is 38.1 Å². The Labute approximate surface area is 303 Å². The van der Waals surface area contributed by atoms with Gasteiger partial charge in [0.2, 0.25) is 5.95 Å². The first kappa shape index (κ1) is 34.3. The van der Waals surface area contributed by atoms with E-state index in [1.165, 1.54) is 11.9 Å². The predicted octanol–water partition coefficient (Wildman–Crippen LogP) is 5.47. The maximum atomic E-state index is 14.1. The second kappa shape index (κ2) is 15.0. The molecule has 264 valence electrons. The lowest BCUT2D eigenvalue weighted by molar-refractivity contribution is 0.0777. The van der Waals surface area contributed by atoms with Crippen molar-refractivity contribution in [3.8, 4) is 11.4 Å². The summed E-state index contributed by atoms with van der Waals surface area (Å²) >= 11 is 0. The van der Waals surface area contributed by atoms with Gasteiger partial charge in [-0.15, -0.1) is 17.5 Å². The zero-order valence-electron chi connectivity index (χ0n) is 28.7. The number of nitrogens with zero attached hydrogens (tertiary/aromatic N) is 9. The van der Waals surface area contributed by atoms with Crippen molar-refractivity contribution >= 4 is 35.3 Å². The molecule has 6 aromatic rings. The molecule has 2 aliphatic heterocycles. The Balaban J connectivity index is 0.00000406. The molecule has 3 aromatic carbocycles. The number of halogens is 1. The minimum Gasteiger partial charge on any atom is -0.496 e. The number of rotatable bonds is 10. The van der Waals surface area contributed by atoms with Crippen molar-refractivity contribution < 1.29 is 13.9 Å². The van der Waals surface area contributed by atoms with E-state index >= 15 is 0 Å². The molecule has 12 nitrogen and oxygen atoms in total. The summed E-state index contributed by atoms with van der Waals surface area (Å²) in [5.74, 6) is 2.41. The molecule has 5 heterocycles. The first-order valence-electron chi connectivity index (χ1n) is 17.3. The Morgan fingerprint density at radius 2 is 1.80 bits per heavy atom. The minimum absolute atomic E-state index is 0. The molecular formula is C38H42ClN9O3. The fraction of sp³-hybridized carbons (Fsp3) is 0.342. The molecule has 2 aliphatic rings. The van der Waals surface area contributed by atoms with E-state index in [1.807, 2.05) is 35.2 Å². The van der Waals surface area contributed by atoms with Gasteiger partial charge in [0.15, 0.2) is 0 Å². The Bertz CT molecular complexity index is 2050. The van der Waals surface area contributed by atoms with Crippen molar-refractivity contribution in [1.29, 1.82) is 0 Å². The van der Waals surface area contributed by atoms with Gasteiger partial charge in [0.25, 0.3) is 5.91 Å². The topological polar surface area (TPSA) is 111 Å². The van der Waals surface area contributed by atoms with E-state index in [2.05, 4.69) is 78.4 Å². The number of carbonyl (C=O) groups excluding carboxylic acids is 1. The molecule has 0 N–H and O–H groups in total. The van der Waals surface area contributed by atoms with Gasteiger partial charge in [-0.3, -0.25) is 4.79 Å². The average Bonchev–Trinajstić information content (AvgIpc) is 3.99. The number of fused-ring (bicyclic) bond motifs is 1. The number of hydrogen-bond donors (Lipinski definition) is 0. The average molecular weight is 708 g/mol. The second-order valence-corrected chi connectivity index (χ2v) is 13.3. The van der Waals surface area contributed by atoms with Crippen LogP contribution in [0, 0.1) is 0 Å². The van der Waals surface area contributed by atoms with E-state index < -0.39 is 0 Å². The normalized spacial score (nSPS) is 18.1. The van der Waals surface area contributed by atoms with E-state index in [0.29, 0.717) is 36.6 Å². The highest BCUT2D eigenvalue weighted by atomic mass is 35.5. The molecule has 51 heavy (non-hydrogen) atoms. The lowest BCUT2D eigenvalue weighted by Crippen LogP contribution is -2.39. The minimum atomic E-state index is -0.152. The number of methoxy groups -OCH3 is 1. The van der Waals surface area contributed by atoms with Crippen molar-refractivity contribution in [3.05, 3.63) is 114 Å². The number of benzene rings is 3. The van der Waals surface area contributed by atoms with Gasteiger partial charge < -0.3 is 28.4 Å². The molecule has 0 bridgehead atoms. The second-order valence-electron chi connectivity index (χ2n) is 13.3. The van der Waals surface area contributed by atoms with Crippen LogP contribution in [0.4, 0.5) is 5.95 Å². The summed E-state index contributed by atoms with van der Waals surface area (Å²) < 4.78 is 15.2. The third-order valence-corrected chi connectivity index (χ3v) is 10.4. The highest BCUT2D eigenvalue weighted by molar-refractivity contribution is 5.98. The van der Waals surface area contributed by atoms with Crippen LogP contribution in [0.1, 0.15) is 40.9 Å². The quantitative estimate of drug-likeness (QED) is 0.183. The molecule has 1 atom stereocenters. The number of hydrogen-bond acceptors (Lipinski definition) is 9. The molecule has 8 rings (SSSR count). The van der Waals surface area contributed by atoms with Crippen LogP contribution in [0.5, 0.6) is 5.75 Å². The zero-order chi connectivity index (χ0) is 33.9. The Hall–Kier alpha value is -5.20. The molecule has 13 heteroatoms. The van der Waals surface area contributed by atoms with Crippen molar-refractivity contribution in [3.63, 3.8) is 0 Å². The van der Waals surface area contributed by atoms with E-state index in [1.54, 1.807) is 24.1 Å². The number of likely N-dealkylation sites (tertiary alicyclic amines) is 1. The molecule has 0 saturated carbocycles. The van der Waals surface area contributed by atoms with E-state index in [4.69, 9.17) is 14.1 Å². The van der Waals surface area contributed by atoms with Crippen LogP contribution >= 0.6 is 12.4 Å². The number of para-hydroxylation sites is 2. The Kier molecular flexibility index (Phi) is 10.0. The van der Waals surface area contributed by atoms with E-state index in [-0.39, 0.29) is 23.7 Å². The standard InChI is InChI=1S/C38H41N9O3.ClH/c1-49-35-15-14-30(47-28-39-41-42-47)25-32(35)36(48)45-21-17-38(27-45,29-9-3-2-4-10-29)16-20-43-18-8-19-44(23-22-43)37-40-33-12-5-6-13-34(33)46(37)26-31-11-7-24-50-31;/h2-7,9-15,24-25,28H,8,16-23,26-27H2,1H3;1H. The number of anilines is 1. The highest BCUT2D eigenvalue weighted by Gasteiger charge is 2.42. The fourth-order valence-electron chi connectivity index (χ4n) is 7.66. The van der Waals surface area contributed by atoms with Gasteiger partial charge in [-0.25, -0.2) is 9.67 Å². The lowest BCUT2D eigenvalue weighted by atomic mass is 9.76. The molecule has 0 spiro atoms. The zero-order valence-corrected chi connectivity index (χ0v) is 29.5. The summed E-state index contributed by atoms with van der Waals surface area (Å²) in [5, 5.41) is 11.5. The third kappa shape index (κ3) is 6.93. The fourth-order valence-corrected chi connectivity index (χ4v) is 7.66. The van der Waals surface area contributed by atoms with Gasteiger partial charge >= 0.3 is 0 Å². The number of carbonyl (C=O) groups is 1. The Morgan fingerprint density at radius 1 is 0.941 bits per heavy atom. The molecule has 2 saturated heterocycles. The predicted molar refractivity (Wildman–Crippen MR) is 197 cm³/mol. The molecule has 0 aliphatic carbocycles. The monoisotopic (exact) mass is 707 g/mol. The summed E-state index contributed by atoms with van der Waals surface area (Å²) in [6.45, 7) is 6.70. The van der Waals surface area contributed by atoms with Crippen LogP contribution in [-0.4, -0.2) is 98.4 Å². The van der Waals surface area contributed by atoms with Crippen molar-refractivity contribution in [2.24, 2.45) is 0 Å². The molecule has 1 amide bonds. The summed E-state index contributed by atoms with van der Waals surface area (Å²) in [5.41, 5.74) is 4.47. The van der Waals surface area contributed by atoms with Crippen LogP contribution in [0.25, 0.3) is 16.7 Å². The van der Waals surface area contributed by atoms with Gasteiger partial charge in [0.05, 0.1) is 42.2 Å². The number of furan rings is 1. The van der Waals surface area contributed by atoms with Crippen LogP contribution in [0.2, 0.25) is 0 Å². The number of amides is 1. The number of tetrazole rings is 1. The smallest absolute Gasteiger partial charge is 0.257 e. The van der Waals surface area contributed by atoms with Crippen molar-refractivity contribution in [2.45, 2.75) is 31.2 Å². The van der Waals surface area contributed by atoms with Gasteiger partial charge in [-0.2, -0.15) is 0 Å². The molecule has 3 aromatic heterocycles. The number of aromatic nitrogens is 6. The molecule has 2 fully saturated rings. The van der Waals surface area contributed by atoms with Crippen LogP contribution in [-0.2, 0) is 12.0 Å². The molecule has 1 unspecified atom stereocenters. The van der Waals surface area contributed by atoms with Crippen molar-refractivity contribution in [2.75, 3.05) is 57.8 Å². The number of ether oxygens (including phenoxy) is 1. The summed E-state index contributed by atoms with van der Waals surface area (Å²) in [6.07, 6.45) is 6.15. The molecular weight excluding hydrogens is 666 g/mol. The maximum Gasteiger partial charge on any atom is 0.257 e. The van der Waals surface area contributed by atoms with Gasteiger partial charge in [-0.1, -0.05) is 42.5 Å². The lowest BCUT2D eigenvalue weighted by Gasteiger charge is -2.33. The van der Waals surface area contributed by atoms with Crippen LogP contribution in [0.3, 0.4) is 0 Å². The largest absolute Gasteiger partial charge is 0.496 e. The number of imidazole rings is 1. The molecule has 0 radical (unpaired) electrons. The third-order valence-electron chi connectivity index (χ3n) is 10.4. The van der Waals surface area contributed by atoms with E-state index in [9.17, 15) is 4.79 Å². The van der Waals surface area contributed by atoms with E-state index in [0.717, 1.165) is 74.7 Å². The first-order valence-corrected chi connectivity index (χ1v) is 17.3. The van der Waals surface area contributed by atoms with Crippen molar-refractivity contribution in [1.82, 2.24) is 39.6 Å². The highest BCUT2D eigenvalue weighted by Crippen LogP contribution is 2.39. The van der Waals surface area contributed by atoms with Gasteiger partial charge in [0.1, 0.15) is 17.8 Å². The summed E-state index contributed by atoms with van der Waals surface area (Å²) in [6, 6.07) is 28.5. The van der Waals surface area contributed by atoms with Crippen LogP contribution < -0.4 is 9.64 Å². The first-order chi connectivity index (χ1) is 24.6. The summed E-state index contributed by atoms with van der Waals surface area (Å²) in [7, 11) is 1.60.